The molecule has 1 rings (SSSR count). The summed E-state index contributed by atoms with van der Waals surface area (Å²) >= 11 is 0. The summed E-state index contributed by atoms with van der Waals surface area (Å²) < 4.78 is 28.0. The summed E-state index contributed by atoms with van der Waals surface area (Å²) in [4.78, 5) is 13.4. The van der Waals surface area contributed by atoms with Gasteiger partial charge in [-0.3, -0.25) is 4.79 Å². The highest BCUT2D eigenvalue weighted by Gasteiger charge is 2.22. The first-order chi connectivity index (χ1) is 8.20. The number of nitrogens with zero attached hydrogens (tertiary/aromatic N) is 1. The van der Waals surface area contributed by atoms with Crippen LogP contribution in [0.25, 0.3) is 0 Å². The first-order valence-electron chi connectivity index (χ1n) is 5.97. The number of rotatable bonds is 4. The van der Waals surface area contributed by atoms with Gasteiger partial charge in [0.15, 0.2) is 0 Å². The van der Waals surface area contributed by atoms with Crippen molar-refractivity contribution in [2.45, 2.75) is 26.3 Å². The van der Waals surface area contributed by atoms with Crippen molar-refractivity contribution < 1.29 is 13.2 Å². The molecule has 1 fully saturated rings. The van der Waals surface area contributed by atoms with Crippen molar-refractivity contribution in [2.24, 2.45) is 0 Å². The van der Waals surface area contributed by atoms with Gasteiger partial charge in [0.05, 0.1) is 6.54 Å². The SMILES string of the molecule is CC(C)(C)NS(=O)(=O)NCC(=O)N1CCNCC1. The van der Waals surface area contributed by atoms with Crippen LogP contribution < -0.4 is 14.8 Å². The van der Waals surface area contributed by atoms with Gasteiger partial charge in [0.1, 0.15) is 0 Å². The third kappa shape index (κ3) is 5.76. The van der Waals surface area contributed by atoms with Gasteiger partial charge in [-0.2, -0.15) is 17.9 Å². The van der Waals surface area contributed by atoms with Crippen LogP contribution in [0.3, 0.4) is 0 Å². The van der Waals surface area contributed by atoms with Gasteiger partial charge in [-0.15, -0.1) is 0 Å². The second-order valence-corrected chi connectivity index (χ2v) is 6.81. The van der Waals surface area contributed by atoms with Crippen LogP contribution in [-0.2, 0) is 15.0 Å². The van der Waals surface area contributed by atoms with Crippen LogP contribution >= 0.6 is 0 Å². The van der Waals surface area contributed by atoms with Gasteiger partial charge in [0.25, 0.3) is 10.2 Å². The number of amides is 1. The monoisotopic (exact) mass is 278 g/mol. The molecule has 0 bridgehead atoms. The lowest BCUT2D eigenvalue weighted by atomic mass is 10.1. The fourth-order valence-corrected chi connectivity index (χ4v) is 2.81. The minimum atomic E-state index is -3.64. The van der Waals surface area contributed by atoms with Crippen molar-refractivity contribution in [3.63, 3.8) is 0 Å². The summed E-state index contributed by atoms with van der Waals surface area (Å²) in [6.07, 6.45) is 0. The van der Waals surface area contributed by atoms with E-state index in [4.69, 9.17) is 0 Å². The zero-order valence-electron chi connectivity index (χ0n) is 11.1. The maximum atomic E-state index is 11.8. The molecule has 1 amide bonds. The first kappa shape index (κ1) is 15.4. The largest absolute Gasteiger partial charge is 0.339 e. The Hall–Kier alpha value is -0.700. The Morgan fingerprint density at radius 3 is 2.33 bits per heavy atom. The summed E-state index contributed by atoms with van der Waals surface area (Å²) in [6, 6.07) is 0. The molecule has 3 N–H and O–H groups in total. The third-order valence-electron chi connectivity index (χ3n) is 2.32. The number of piperazine rings is 1. The zero-order chi connectivity index (χ0) is 13.8. The molecule has 7 nitrogen and oxygen atoms in total. The number of hydrogen-bond donors (Lipinski definition) is 3. The van der Waals surface area contributed by atoms with Crippen LogP contribution in [0.5, 0.6) is 0 Å². The van der Waals surface area contributed by atoms with Gasteiger partial charge in [-0.05, 0) is 20.8 Å². The van der Waals surface area contributed by atoms with E-state index in [1.165, 1.54) is 0 Å². The molecule has 1 saturated heterocycles. The zero-order valence-corrected chi connectivity index (χ0v) is 11.9. The molecule has 0 unspecified atom stereocenters. The first-order valence-corrected chi connectivity index (χ1v) is 7.45. The Labute approximate surface area is 108 Å². The van der Waals surface area contributed by atoms with Crippen molar-refractivity contribution in [2.75, 3.05) is 32.7 Å². The Morgan fingerprint density at radius 1 is 1.28 bits per heavy atom. The normalized spacial score (nSPS) is 17.8. The van der Waals surface area contributed by atoms with Gasteiger partial charge < -0.3 is 10.2 Å². The summed E-state index contributed by atoms with van der Waals surface area (Å²) in [5.74, 6) is -0.198. The van der Waals surface area contributed by atoms with E-state index < -0.39 is 15.7 Å². The molecule has 1 aliphatic rings. The van der Waals surface area contributed by atoms with Gasteiger partial charge >= 0.3 is 0 Å². The van der Waals surface area contributed by atoms with Gasteiger partial charge in [0, 0.05) is 31.7 Å². The Morgan fingerprint density at radius 2 is 1.83 bits per heavy atom. The second kappa shape index (κ2) is 5.96. The summed E-state index contributed by atoms with van der Waals surface area (Å²) in [6.45, 7) is 7.75. The quantitative estimate of drug-likeness (QED) is 0.592. The lowest BCUT2D eigenvalue weighted by molar-refractivity contribution is -0.130. The van der Waals surface area contributed by atoms with Crippen molar-refractivity contribution in [3.8, 4) is 0 Å². The van der Waals surface area contributed by atoms with Gasteiger partial charge in [-0.1, -0.05) is 0 Å². The van der Waals surface area contributed by atoms with Crippen LogP contribution in [0.4, 0.5) is 0 Å². The molecule has 1 heterocycles. The Bertz CT molecular complexity index is 382. The van der Waals surface area contributed by atoms with Crippen LogP contribution in [0.2, 0.25) is 0 Å². The molecule has 0 saturated carbocycles. The smallest absolute Gasteiger partial charge is 0.277 e. The highest BCUT2D eigenvalue weighted by molar-refractivity contribution is 7.87. The molecule has 0 aromatic carbocycles. The van der Waals surface area contributed by atoms with Crippen molar-refractivity contribution in [3.05, 3.63) is 0 Å². The average Bonchev–Trinajstić information content (AvgIpc) is 2.24. The van der Waals surface area contributed by atoms with E-state index in [1.54, 1.807) is 25.7 Å². The lowest BCUT2D eigenvalue weighted by Crippen LogP contribution is -2.52. The highest BCUT2D eigenvalue weighted by Crippen LogP contribution is 2.00. The fourth-order valence-electron chi connectivity index (χ4n) is 1.62. The topological polar surface area (TPSA) is 90.5 Å². The molecule has 1 aliphatic heterocycles. The van der Waals surface area contributed by atoms with Crippen molar-refractivity contribution in [1.29, 1.82) is 0 Å². The van der Waals surface area contributed by atoms with Crippen molar-refractivity contribution in [1.82, 2.24) is 19.7 Å². The summed E-state index contributed by atoms with van der Waals surface area (Å²) in [5, 5.41) is 3.13. The van der Waals surface area contributed by atoms with E-state index in [2.05, 4.69) is 14.8 Å². The predicted octanol–water partition coefficient (Wildman–Crippen LogP) is -1.36. The average molecular weight is 278 g/mol. The number of carbonyl (C=O) groups excluding carboxylic acids is 1. The van der Waals surface area contributed by atoms with Crippen LogP contribution in [0, 0.1) is 0 Å². The molecule has 0 aliphatic carbocycles. The third-order valence-corrected chi connectivity index (χ3v) is 3.73. The molecule has 0 atom stereocenters. The molecule has 0 aromatic heterocycles. The molecular formula is C10H22N4O3S. The second-order valence-electron chi connectivity index (χ2n) is 5.31. The molecule has 0 radical (unpaired) electrons. The van der Waals surface area contributed by atoms with E-state index in [9.17, 15) is 13.2 Å². The summed E-state index contributed by atoms with van der Waals surface area (Å²) in [7, 11) is -3.64. The lowest BCUT2D eigenvalue weighted by Gasteiger charge is -2.27. The van der Waals surface area contributed by atoms with Crippen LogP contribution in [0.15, 0.2) is 0 Å². The van der Waals surface area contributed by atoms with Crippen LogP contribution in [-0.4, -0.2) is 57.5 Å². The molecule has 18 heavy (non-hydrogen) atoms. The Kier molecular flexibility index (Phi) is 5.09. The van der Waals surface area contributed by atoms with Crippen LogP contribution in [0.1, 0.15) is 20.8 Å². The number of hydrogen-bond acceptors (Lipinski definition) is 4. The molecular weight excluding hydrogens is 256 g/mol. The van der Waals surface area contributed by atoms with Gasteiger partial charge in [0.2, 0.25) is 5.91 Å². The van der Waals surface area contributed by atoms with E-state index in [-0.39, 0.29) is 12.5 Å². The molecule has 0 spiro atoms. The summed E-state index contributed by atoms with van der Waals surface area (Å²) in [5.41, 5.74) is -0.566. The predicted molar refractivity (Wildman–Crippen MR) is 69.3 cm³/mol. The number of carbonyl (C=O) groups is 1. The maximum Gasteiger partial charge on any atom is 0.277 e. The van der Waals surface area contributed by atoms with E-state index in [0.717, 1.165) is 13.1 Å². The molecule has 106 valence electrons. The Balaban J connectivity index is 2.42. The minimum absolute atomic E-state index is 0.198. The van der Waals surface area contributed by atoms with E-state index in [1.807, 2.05) is 0 Å². The van der Waals surface area contributed by atoms with E-state index in [0.29, 0.717) is 13.1 Å². The maximum absolute atomic E-state index is 11.8. The molecule has 8 heteroatoms. The minimum Gasteiger partial charge on any atom is -0.339 e. The molecule has 0 aromatic rings. The fraction of sp³-hybridized carbons (Fsp3) is 0.900. The highest BCUT2D eigenvalue weighted by atomic mass is 32.2. The van der Waals surface area contributed by atoms with E-state index >= 15 is 0 Å². The van der Waals surface area contributed by atoms with Gasteiger partial charge in [-0.25, -0.2) is 0 Å². The van der Waals surface area contributed by atoms with Crippen molar-refractivity contribution >= 4 is 16.1 Å². The number of nitrogens with one attached hydrogen (secondary N) is 3. The standard InChI is InChI=1S/C10H22N4O3S/c1-10(2,3)13-18(16,17)12-8-9(15)14-6-4-11-5-7-14/h11-13H,4-8H2,1-3H3.